The first-order chi connectivity index (χ1) is 32.1. The first-order valence-corrected chi connectivity index (χ1v) is 23.2. The van der Waals surface area contributed by atoms with Crippen LogP contribution in [-0.2, 0) is 16.2 Å². The number of allylic oxidation sites excluding steroid dienone is 4. The summed E-state index contributed by atoms with van der Waals surface area (Å²) in [5.74, 6) is 0.317. The van der Waals surface area contributed by atoms with Gasteiger partial charge in [-0.3, -0.25) is 0 Å². The quantitative estimate of drug-likeness (QED) is 0.174. The third kappa shape index (κ3) is 4.50. The average molecular weight is 842 g/mol. The van der Waals surface area contributed by atoms with E-state index in [9.17, 15) is 10.5 Å². The van der Waals surface area contributed by atoms with E-state index in [1.807, 2.05) is 12.1 Å². The predicted octanol–water partition coefficient (Wildman–Crippen LogP) is 15.0. The molecule has 0 N–H and O–H groups in total. The van der Waals surface area contributed by atoms with Crippen LogP contribution in [0.3, 0.4) is 0 Å². The standard InChI is InChI=1S/C63H43N3/c1-61(2)54-28-36(34-64)16-22-42(54)44-24-18-40(32-56(44)61)38-20-26-50-48(30-38)49-31-39(41-19-25-45-43-23-17-37(35-65)29-55(43)62(3,4)57(45)33-41)21-27-51(49)63(50)52-12-6-8-15-59(52)66-58-14-7-5-10-46(58)47-11-9-13-53(63)60(47)66/h5-24,26-33,45H,25H2,1-4H3. The molecule has 8 aromatic carbocycles. The van der Waals surface area contributed by atoms with E-state index in [1.165, 1.54) is 122 Å². The van der Waals surface area contributed by atoms with Crippen molar-refractivity contribution in [1.29, 1.82) is 10.5 Å². The molecule has 3 heteroatoms. The second-order valence-electron chi connectivity index (χ2n) is 20.2. The molecule has 310 valence electrons. The van der Waals surface area contributed by atoms with Gasteiger partial charge in [0, 0.05) is 27.5 Å². The fraction of sp³-hybridized carbons (Fsp3) is 0.143. The molecule has 0 saturated carbocycles. The molecule has 0 bridgehead atoms. The van der Waals surface area contributed by atoms with Crippen LogP contribution in [-0.4, -0.2) is 4.57 Å². The molecular formula is C63H43N3. The monoisotopic (exact) mass is 841 g/mol. The van der Waals surface area contributed by atoms with E-state index in [4.69, 9.17) is 0 Å². The predicted molar refractivity (Wildman–Crippen MR) is 267 cm³/mol. The summed E-state index contributed by atoms with van der Waals surface area (Å²) in [6, 6.07) is 63.7. The second-order valence-corrected chi connectivity index (χ2v) is 20.2. The third-order valence-corrected chi connectivity index (χ3v) is 16.5. The molecule has 1 aromatic heterocycles. The van der Waals surface area contributed by atoms with Gasteiger partial charge < -0.3 is 4.57 Å². The molecule has 0 saturated heterocycles. The van der Waals surface area contributed by atoms with E-state index in [0.29, 0.717) is 11.5 Å². The Morgan fingerprint density at radius 1 is 0.500 bits per heavy atom. The van der Waals surface area contributed by atoms with Gasteiger partial charge in [0.2, 0.25) is 0 Å². The molecule has 0 amide bonds. The SMILES string of the molecule is CC1(C)C2=CC(c3ccc4c(c3)-c3cc(-c5ccc6c(c5)C(C)(C)c5cc(C#N)ccc5-6)ccc3C43c4ccccc4-n4c5ccccc5c5cccc3c54)=CCC2c2ccc(C#N)cc21. The van der Waals surface area contributed by atoms with Gasteiger partial charge >= 0.3 is 0 Å². The van der Waals surface area contributed by atoms with Crippen LogP contribution in [0.1, 0.15) is 101 Å². The largest absolute Gasteiger partial charge is 0.309 e. The molecule has 66 heavy (non-hydrogen) atoms. The number of nitriles is 2. The van der Waals surface area contributed by atoms with Gasteiger partial charge in [-0.05, 0) is 150 Å². The summed E-state index contributed by atoms with van der Waals surface area (Å²) >= 11 is 0. The van der Waals surface area contributed by atoms with Crippen molar-refractivity contribution >= 4 is 27.4 Å². The van der Waals surface area contributed by atoms with Gasteiger partial charge in [-0.1, -0.05) is 149 Å². The first-order valence-electron chi connectivity index (χ1n) is 23.2. The van der Waals surface area contributed by atoms with Crippen molar-refractivity contribution in [3.8, 4) is 51.2 Å². The van der Waals surface area contributed by atoms with E-state index in [0.717, 1.165) is 12.0 Å². The molecule has 2 unspecified atom stereocenters. The molecule has 0 radical (unpaired) electrons. The molecule has 1 spiro atoms. The minimum absolute atomic E-state index is 0.179. The molecule has 2 atom stereocenters. The lowest BCUT2D eigenvalue weighted by atomic mass is 9.65. The summed E-state index contributed by atoms with van der Waals surface area (Å²) in [4.78, 5) is 0. The van der Waals surface area contributed by atoms with Gasteiger partial charge in [-0.2, -0.15) is 10.5 Å². The van der Waals surface area contributed by atoms with E-state index in [2.05, 4.69) is 202 Å². The molecule has 0 fully saturated rings. The van der Waals surface area contributed by atoms with E-state index >= 15 is 0 Å². The van der Waals surface area contributed by atoms with Crippen LogP contribution < -0.4 is 0 Å². The molecule has 4 aliphatic carbocycles. The summed E-state index contributed by atoms with van der Waals surface area (Å²) in [7, 11) is 0. The average Bonchev–Trinajstić information content (AvgIpc) is 4.00. The van der Waals surface area contributed by atoms with Crippen molar-refractivity contribution in [3.63, 3.8) is 0 Å². The van der Waals surface area contributed by atoms with E-state index < -0.39 is 5.41 Å². The highest BCUT2D eigenvalue weighted by Gasteiger charge is 2.51. The molecule has 9 aromatic rings. The zero-order valence-electron chi connectivity index (χ0n) is 37.3. The Bertz CT molecular complexity index is 3890. The van der Waals surface area contributed by atoms with E-state index in [1.54, 1.807) is 0 Å². The molecule has 2 heterocycles. The molecular weight excluding hydrogens is 799 g/mol. The highest BCUT2D eigenvalue weighted by Crippen LogP contribution is 2.62. The smallest absolute Gasteiger partial charge is 0.0991 e. The number of benzene rings is 8. The second kappa shape index (κ2) is 12.6. The minimum Gasteiger partial charge on any atom is -0.309 e. The van der Waals surface area contributed by atoms with Crippen LogP contribution in [0.15, 0.2) is 175 Å². The Hall–Kier alpha value is -7.98. The fourth-order valence-electron chi connectivity index (χ4n) is 13.4. The zero-order valence-corrected chi connectivity index (χ0v) is 37.3. The van der Waals surface area contributed by atoms with Gasteiger partial charge in [0.15, 0.2) is 0 Å². The van der Waals surface area contributed by atoms with Gasteiger partial charge in [-0.15, -0.1) is 0 Å². The van der Waals surface area contributed by atoms with Crippen LogP contribution in [0.4, 0.5) is 0 Å². The lowest BCUT2D eigenvalue weighted by Crippen LogP contribution is -2.33. The highest BCUT2D eigenvalue weighted by molar-refractivity contribution is 6.13. The van der Waals surface area contributed by atoms with Gasteiger partial charge in [0.1, 0.15) is 0 Å². The van der Waals surface area contributed by atoms with Crippen LogP contribution in [0.2, 0.25) is 0 Å². The highest BCUT2D eigenvalue weighted by atomic mass is 15.0. The van der Waals surface area contributed by atoms with Crippen molar-refractivity contribution in [2.75, 3.05) is 0 Å². The molecule has 1 aliphatic heterocycles. The molecule has 3 nitrogen and oxygen atoms in total. The maximum Gasteiger partial charge on any atom is 0.0991 e. The summed E-state index contributed by atoms with van der Waals surface area (Å²) < 4.78 is 2.52. The molecule has 14 rings (SSSR count). The lowest BCUT2D eigenvalue weighted by molar-refractivity contribution is 0.613. The topological polar surface area (TPSA) is 52.5 Å². The zero-order chi connectivity index (χ0) is 44.4. The van der Waals surface area contributed by atoms with Gasteiger partial charge in [-0.25, -0.2) is 0 Å². The number of para-hydroxylation sites is 3. The van der Waals surface area contributed by atoms with Gasteiger partial charge in [0.05, 0.1) is 45.4 Å². The van der Waals surface area contributed by atoms with Crippen LogP contribution in [0.5, 0.6) is 0 Å². The number of aromatic nitrogens is 1. The Morgan fingerprint density at radius 2 is 1.12 bits per heavy atom. The Morgan fingerprint density at radius 3 is 1.92 bits per heavy atom. The fourth-order valence-corrected chi connectivity index (χ4v) is 13.4. The lowest BCUT2D eigenvalue weighted by Gasteiger charge is -2.39. The summed E-state index contributed by atoms with van der Waals surface area (Å²) in [5, 5.41) is 22.2. The normalized spacial score (nSPS) is 19.2. The van der Waals surface area contributed by atoms with Crippen LogP contribution >= 0.6 is 0 Å². The number of hydrogen-bond donors (Lipinski definition) is 0. The summed E-state index contributed by atoms with van der Waals surface area (Å²) in [6.45, 7) is 9.24. The summed E-state index contributed by atoms with van der Waals surface area (Å²) in [5.41, 5.74) is 25.8. The van der Waals surface area contributed by atoms with Crippen molar-refractivity contribution in [3.05, 3.63) is 237 Å². The Balaban J connectivity index is 0.998. The Labute approximate surface area is 384 Å². The van der Waals surface area contributed by atoms with Crippen LogP contribution in [0, 0.1) is 22.7 Å². The number of hydrogen-bond acceptors (Lipinski definition) is 2. The van der Waals surface area contributed by atoms with Crippen molar-refractivity contribution in [2.45, 2.75) is 56.3 Å². The Kier molecular flexibility index (Phi) is 7.16. The van der Waals surface area contributed by atoms with Crippen molar-refractivity contribution < 1.29 is 0 Å². The number of nitrogens with zero attached hydrogens (tertiary/aromatic N) is 3. The maximum atomic E-state index is 9.81. The maximum absolute atomic E-state index is 9.81. The molecule has 5 aliphatic rings. The van der Waals surface area contributed by atoms with Crippen molar-refractivity contribution in [1.82, 2.24) is 4.57 Å². The summed E-state index contributed by atoms with van der Waals surface area (Å²) in [6.07, 6.45) is 5.84. The number of rotatable bonds is 2. The number of fused-ring (bicyclic) bond motifs is 18. The van der Waals surface area contributed by atoms with E-state index in [-0.39, 0.29) is 10.8 Å². The van der Waals surface area contributed by atoms with Crippen molar-refractivity contribution in [2.24, 2.45) is 0 Å². The van der Waals surface area contributed by atoms with Gasteiger partial charge in [0.25, 0.3) is 0 Å². The third-order valence-electron chi connectivity index (χ3n) is 16.5. The van der Waals surface area contributed by atoms with Crippen LogP contribution in [0.25, 0.3) is 66.4 Å². The minimum atomic E-state index is -0.555. The first kappa shape index (κ1) is 37.4.